The quantitative estimate of drug-likeness (QED) is 0.539. The third kappa shape index (κ3) is 1.97. The third-order valence-electron chi connectivity index (χ3n) is 2.23. The van der Waals surface area contributed by atoms with Crippen molar-refractivity contribution >= 4 is 5.91 Å². The van der Waals surface area contributed by atoms with Crippen LogP contribution in [0, 0.1) is 0 Å². The molecule has 0 unspecified atom stereocenters. The van der Waals surface area contributed by atoms with Crippen molar-refractivity contribution < 1.29 is 14.6 Å². The summed E-state index contributed by atoms with van der Waals surface area (Å²) in [4.78, 5) is 35.1. The zero-order valence-electron chi connectivity index (χ0n) is 8.49. The number of aliphatic hydroxyl groups is 1. The number of carbonyl (C=O) groups excluding carboxylic acids is 1. The number of hydrogen-bond acceptors (Lipinski definition) is 5. The van der Waals surface area contributed by atoms with E-state index in [1.165, 1.54) is 0 Å². The summed E-state index contributed by atoms with van der Waals surface area (Å²) in [6.07, 6.45) is -0.0415. The van der Waals surface area contributed by atoms with Crippen LogP contribution >= 0.6 is 0 Å². The van der Waals surface area contributed by atoms with Crippen LogP contribution in [-0.2, 0) is 9.53 Å². The third-order valence-corrected chi connectivity index (χ3v) is 2.23. The highest BCUT2D eigenvalue weighted by Crippen LogP contribution is 2.24. The molecule has 4 N–H and O–H groups in total. The van der Waals surface area contributed by atoms with Gasteiger partial charge in [0.25, 0.3) is 11.5 Å². The van der Waals surface area contributed by atoms with Crippen molar-refractivity contribution in [2.45, 2.75) is 12.3 Å². The summed E-state index contributed by atoms with van der Waals surface area (Å²) in [5.74, 6) is -1.07. The van der Waals surface area contributed by atoms with E-state index < -0.39 is 29.5 Å². The van der Waals surface area contributed by atoms with Crippen molar-refractivity contribution in [2.75, 3.05) is 0 Å². The van der Waals surface area contributed by atoms with Crippen LogP contribution in [0.25, 0.3) is 0 Å². The van der Waals surface area contributed by atoms with E-state index in [0.29, 0.717) is 0 Å². The van der Waals surface area contributed by atoms with Crippen LogP contribution in [0.5, 0.6) is 0 Å². The Morgan fingerprint density at radius 1 is 1.53 bits per heavy atom. The molecule has 0 aromatic carbocycles. The number of amides is 1. The second kappa shape index (κ2) is 3.91. The van der Waals surface area contributed by atoms with Crippen LogP contribution in [0.4, 0.5) is 0 Å². The summed E-state index contributed by atoms with van der Waals surface area (Å²) in [5, 5.41) is 9.59. The van der Waals surface area contributed by atoms with E-state index in [9.17, 15) is 19.5 Å². The fourth-order valence-corrected chi connectivity index (χ4v) is 1.47. The lowest BCUT2D eigenvalue weighted by atomic mass is 10.3. The Labute approximate surface area is 93.9 Å². The Morgan fingerprint density at radius 2 is 2.24 bits per heavy atom. The van der Waals surface area contributed by atoms with Crippen LogP contribution in [-0.4, -0.2) is 26.7 Å². The molecule has 8 heteroatoms. The molecule has 1 amide bonds. The molecule has 2 atom stereocenters. The lowest BCUT2D eigenvalue weighted by Gasteiger charge is -2.17. The Morgan fingerprint density at radius 3 is 2.76 bits per heavy atom. The molecule has 90 valence electrons. The zero-order valence-corrected chi connectivity index (χ0v) is 8.49. The van der Waals surface area contributed by atoms with Crippen LogP contribution in [0.2, 0.25) is 0 Å². The lowest BCUT2D eigenvalue weighted by Crippen LogP contribution is -2.35. The zero-order chi connectivity index (χ0) is 12.6. The van der Waals surface area contributed by atoms with E-state index in [4.69, 9.17) is 10.5 Å². The minimum absolute atomic E-state index is 0.222. The minimum Gasteiger partial charge on any atom is -0.461 e. The highest BCUT2D eigenvalue weighted by atomic mass is 16.5. The van der Waals surface area contributed by atoms with Gasteiger partial charge in [-0.2, -0.15) is 0 Å². The number of rotatable bonds is 2. The smallest absolute Gasteiger partial charge is 0.331 e. The molecule has 2 heterocycles. The van der Waals surface area contributed by atoms with Gasteiger partial charge in [0.2, 0.25) is 6.23 Å². The SMILES string of the molecule is NC(=O)C1=C[C@@H](O)[C@H](n2ccc(=O)[nH]c2=O)O1. The van der Waals surface area contributed by atoms with E-state index in [-0.39, 0.29) is 5.76 Å². The van der Waals surface area contributed by atoms with Gasteiger partial charge < -0.3 is 15.6 Å². The number of aromatic nitrogens is 2. The largest absolute Gasteiger partial charge is 0.461 e. The van der Waals surface area contributed by atoms with Gasteiger partial charge in [-0.15, -0.1) is 0 Å². The van der Waals surface area contributed by atoms with Crippen LogP contribution in [0.3, 0.4) is 0 Å². The second-order valence-corrected chi connectivity index (χ2v) is 3.41. The maximum absolute atomic E-state index is 11.4. The van der Waals surface area contributed by atoms with Crippen LogP contribution < -0.4 is 17.0 Å². The number of aliphatic hydroxyl groups excluding tert-OH is 1. The minimum atomic E-state index is -1.19. The average Bonchev–Trinajstić information content (AvgIpc) is 2.61. The molecule has 0 saturated carbocycles. The Kier molecular flexibility index (Phi) is 2.56. The number of ether oxygens (including phenoxy) is 1. The number of nitrogens with two attached hydrogens (primary N) is 1. The molecule has 0 radical (unpaired) electrons. The molecular weight excluding hydrogens is 230 g/mol. The Bertz CT molecular complexity index is 599. The van der Waals surface area contributed by atoms with Gasteiger partial charge >= 0.3 is 5.69 Å². The van der Waals surface area contributed by atoms with Gasteiger partial charge in [0, 0.05) is 12.3 Å². The molecule has 1 aliphatic rings. The molecule has 17 heavy (non-hydrogen) atoms. The van der Waals surface area contributed by atoms with Gasteiger partial charge in [0.1, 0.15) is 6.10 Å². The normalized spacial score (nSPS) is 23.0. The first-order chi connectivity index (χ1) is 7.99. The predicted octanol–water partition coefficient (Wildman–Crippen LogP) is -2.20. The Hall–Kier alpha value is -2.35. The predicted molar refractivity (Wildman–Crippen MR) is 54.7 cm³/mol. The lowest BCUT2D eigenvalue weighted by molar-refractivity contribution is -0.119. The average molecular weight is 239 g/mol. The number of H-pyrrole nitrogens is 1. The molecule has 0 saturated heterocycles. The van der Waals surface area contributed by atoms with Crippen LogP contribution in [0.1, 0.15) is 6.23 Å². The summed E-state index contributed by atoms with van der Waals surface area (Å²) in [6.45, 7) is 0. The standard InChI is InChI=1S/C9H9N3O5/c10-7(15)5-3-4(13)8(17-5)12-2-1-6(14)11-9(12)16/h1-4,8,13H,(H2,10,15)(H,11,14,16)/t4-,8-/m1/s1. The second-order valence-electron chi connectivity index (χ2n) is 3.41. The van der Waals surface area contributed by atoms with Crippen molar-refractivity contribution in [3.63, 3.8) is 0 Å². The number of hydrogen-bond donors (Lipinski definition) is 3. The number of primary amides is 1. The summed E-state index contributed by atoms with van der Waals surface area (Å²) in [5.41, 5.74) is 3.66. The first-order valence-electron chi connectivity index (χ1n) is 4.67. The maximum atomic E-state index is 11.4. The van der Waals surface area contributed by atoms with E-state index in [1.54, 1.807) is 0 Å². The molecule has 0 spiro atoms. The van der Waals surface area contributed by atoms with Gasteiger partial charge in [-0.3, -0.25) is 19.1 Å². The molecular formula is C9H9N3O5. The van der Waals surface area contributed by atoms with Crippen LogP contribution in [0.15, 0.2) is 33.7 Å². The van der Waals surface area contributed by atoms with E-state index in [0.717, 1.165) is 22.9 Å². The summed E-state index contributed by atoms with van der Waals surface area (Å²) in [7, 11) is 0. The molecule has 1 aliphatic heterocycles. The van der Waals surface area contributed by atoms with Crippen molar-refractivity contribution in [2.24, 2.45) is 5.73 Å². The fourth-order valence-electron chi connectivity index (χ4n) is 1.47. The maximum Gasteiger partial charge on any atom is 0.331 e. The van der Waals surface area contributed by atoms with Gasteiger partial charge in [0.05, 0.1) is 0 Å². The van der Waals surface area contributed by atoms with Gasteiger partial charge in [-0.25, -0.2) is 4.79 Å². The van der Waals surface area contributed by atoms with E-state index in [1.807, 2.05) is 4.98 Å². The topological polar surface area (TPSA) is 127 Å². The Balaban J connectivity index is 2.35. The molecule has 1 aromatic heterocycles. The van der Waals surface area contributed by atoms with Crippen molar-refractivity contribution in [1.82, 2.24) is 9.55 Å². The monoisotopic (exact) mass is 239 g/mol. The van der Waals surface area contributed by atoms with Gasteiger partial charge in [-0.1, -0.05) is 0 Å². The van der Waals surface area contributed by atoms with E-state index >= 15 is 0 Å². The molecule has 0 bridgehead atoms. The summed E-state index contributed by atoms with van der Waals surface area (Å²) >= 11 is 0. The molecule has 0 aliphatic carbocycles. The highest BCUT2D eigenvalue weighted by molar-refractivity contribution is 5.90. The summed E-state index contributed by atoms with van der Waals surface area (Å²) in [6, 6.07) is 1.10. The molecule has 8 nitrogen and oxygen atoms in total. The molecule has 2 rings (SSSR count). The fraction of sp³-hybridized carbons (Fsp3) is 0.222. The first-order valence-corrected chi connectivity index (χ1v) is 4.67. The first kappa shape index (κ1) is 11.1. The highest BCUT2D eigenvalue weighted by Gasteiger charge is 2.32. The number of nitrogens with zero attached hydrogens (tertiary/aromatic N) is 1. The van der Waals surface area contributed by atoms with Gasteiger partial charge in [-0.05, 0) is 6.08 Å². The summed E-state index contributed by atoms with van der Waals surface area (Å²) < 4.78 is 5.98. The van der Waals surface area contributed by atoms with Gasteiger partial charge in [0.15, 0.2) is 5.76 Å². The van der Waals surface area contributed by atoms with E-state index in [2.05, 4.69) is 0 Å². The number of nitrogens with one attached hydrogen (secondary N) is 1. The number of aromatic amines is 1. The number of carbonyl (C=O) groups is 1. The van der Waals surface area contributed by atoms with Crippen molar-refractivity contribution in [3.8, 4) is 0 Å². The molecule has 1 aromatic rings. The van der Waals surface area contributed by atoms with Crippen molar-refractivity contribution in [1.29, 1.82) is 0 Å². The van der Waals surface area contributed by atoms with Crippen molar-refractivity contribution in [3.05, 3.63) is 44.9 Å². The molecule has 0 fully saturated rings.